The molecule has 0 radical (unpaired) electrons. The molecule has 88 valence electrons. The third-order valence-corrected chi connectivity index (χ3v) is 2.18. The van der Waals surface area contributed by atoms with E-state index in [1.54, 1.807) is 6.92 Å². The largest absolute Gasteiger partial charge is 0.494 e. The van der Waals surface area contributed by atoms with Crippen molar-refractivity contribution in [2.45, 2.75) is 26.8 Å². The molecule has 1 rings (SSSR count). The second kappa shape index (κ2) is 5.51. The Hall–Kier alpha value is -1.55. The summed E-state index contributed by atoms with van der Waals surface area (Å²) in [6, 6.07) is 5.03. The molecule has 0 spiro atoms. The molecular formula is C12H18N2O2. The second-order valence-electron chi connectivity index (χ2n) is 3.69. The number of carbonyl (C=O) groups excluding carboxylic acids is 1. The van der Waals surface area contributed by atoms with Gasteiger partial charge in [0.2, 0.25) is 5.91 Å². The number of ether oxygens (including phenoxy) is 1. The highest BCUT2D eigenvalue weighted by molar-refractivity contribution is 5.95. The van der Waals surface area contributed by atoms with Gasteiger partial charge in [0.25, 0.3) is 0 Å². The first-order valence-corrected chi connectivity index (χ1v) is 5.34. The monoisotopic (exact) mass is 222 g/mol. The van der Waals surface area contributed by atoms with Gasteiger partial charge in [-0.05, 0) is 44.5 Å². The van der Waals surface area contributed by atoms with Gasteiger partial charge in [-0.15, -0.1) is 0 Å². The Labute approximate surface area is 95.8 Å². The Kier molecular flexibility index (Phi) is 4.31. The van der Waals surface area contributed by atoms with Crippen LogP contribution in [0.3, 0.4) is 0 Å². The van der Waals surface area contributed by atoms with Crippen molar-refractivity contribution in [3.05, 3.63) is 23.8 Å². The number of anilines is 1. The van der Waals surface area contributed by atoms with Crippen LogP contribution < -0.4 is 15.8 Å². The van der Waals surface area contributed by atoms with Crippen molar-refractivity contribution in [1.29, 1.82) is 0 Å². The zero-order chi connectivity index (χ0) is 12.1. The van der Waals surface area contributed by atoms with E-state index in [-0.39, 0.29) is 5.91 Å². The minimum atomic E-state index is -0.508. The third kappa shape index (κ3) is 3.24. The lowest BCUT2D eigenvalue weighted by Gasteiger charge is -2.11. The Morgan fingerprint density at radius 1 is 1.56 bits per heavy atom. The molecule has 0 aliphatic rings. The van der Waals surface area contributed by atoms with Gasteiger partial charge >= 0.3 is 0 Å². The normalized spacial score (nSPS) is 12.0. The Bertz CT molecular complexity index is 375. The molecule has 1 unspecified atom stereocenters. The molecule has 0 fully saturated rings. The van der Waals surface area contributed by atoms with Gasteiger partial charge in [0.15, 0.2) is 0 Å². The summed E-state index contributed by atoms with van der Waals surface area (Å²) >= 11 is 0. The zero-order valence-electron chi connectivity index (χ0n) is 9.91. The zero-order valence-corrected chi connectivity index (χ0v) is 9.91. The number of benzene rings is 1. The summed E-state index contributed by atoms with van der Waals surface area (Å²) in [6.07, 6.45) is 0. The highest BCUT2D eigenvalue weighted by Gasteiger charge is 2.09. The summed E-state index contributed by atoms with van der Waals surface area (Å²) in [7, 11) is 0. The highest BCUT2D eigenvalue weighted by Crippen LogP contribution is 2.21. The summed E-state index contributed by atoms with van der Waals surface area (Å²) < 4.78 is 5.36. The van der Waals surface area contributed by atoms with Crippen LogP contribution in [-0.4, -0.2) is 18.6 Å². The van der Waals surface area contributed by atoms with E-state index in [4.69, 9.17) is 10.5 Å². The minimum Gasteiger partial charge on any atom is -0.494 e. The molecule has 0 aliphatic carbocycles. The fourth-order valence-electron chi connectivity index (χ4n) is 1.28. The van der Waals surface area contributed by atoms with Crippen molar-refractivity contribution < 1.29 is 9.53 Å². The summed E-state index contributed by atoms with van der Waals surface area (Å²) in [5.41, 5.74) is 7.20. The van der Waals surface area contributed by atoms with Crippen LogP contribution in [-0.2, 0) is 4.79 Å². The molecule has 0 saturated heterocycles. The van der Waals surface area contributed by atoms with Crippen molar-refractivity contribution in [1.82, 2.24) is 0 Å². The number of carbonyl (C=O) groups is 1. The van der Waals surface area contributed by atoms with E-state index in [0.717, 1.165) is 17.0 Å². The number of hydrogen-bond donors (Lipinski definition) is 2. The molecule has 4 heteroatoms. The van der Waals surface area contributed by atoms with E-state index in [1.165, 1.54) is 0 Å². The fraction of sp³-hybridized carbons (Fsp3) is 0.417. The summed E-state index contributed by atoms with van der Waals surface area (Å²) in [4.78, 5) is 11.4. The first-order chi connectivity index (χ1) is 7.54. The summed E-state index contributed by atoms with van der Waals surface area (Å²) in [6.45, 7) is 6.13. The predicted octanol–water partition coefficient (Wildman–Crippen LogP) is 1.68. The maximum absolute atomic E-state index is 11.4. The van der Waals surface area contributed by atoms with Gasteiger partial charge in [-0.3, -0.25) is 4.79 Å². The van der Waals surface area contributed by atoms with Gasteiger partial charge in [-0.2, -0.15) is 0 Å². The molecular weight excluding hydrogens is 204 g/mol. The quantitative estimate of drug-likeness (QED) is 0.814. The topological polar surface area (TPSA) is 64.3 Å². The first-order valence-electron chi connectivity index (χ1n) is 5.34. The molecule has 1 amide bonds. The summed E-state index contributed by atoms with van der Waals surface area (Å²) in [5.74, 6) is 0.617. The molecule has 1 atom stereocenters. The van der Waals surface area contributed by atoms with Crippen LogP contribution in [0.5, 0.6) is 5.75 Å². The SMILES string of the molecule is CCOc1ccc(NC(=O)C(C)N)c(C)c1. The van der Waals surface area contributed by atoms with E-state index >= 15 is 0 Å². The lowest BCUT2D eigenvalue weighted by atomic mass is 10.2. The maximum Gasteiger partial charge on any atom is 0.241 e. The second-order valence-corrected chi connectivity index (χ2v) is 3.69. The molecule has 0 bridgehead atoms. The molecule has 0 saturated carbocycles. The maximum atomic E-state index is 11.4. The van der Waals surface area contributed by atoms with E-state index in [9.17, 15) is 4.79 Å². The van der Waals surface area contributed by atoms with Crippen LogP contribution in [0.15, 0.2) is 18.2 Å². The van der Waals surface area contributed by atoms with Gasteiger partial charge in [0, 0.05) is 5.69 Å². The van der Waals surface area contributed by atoms with Gasteiger partial charge in [0.05, 0.1) is 12.6 Å². The average Bonchev–Trinajstić information content (AvgIpc) is 2.22. The van der Waals surface area contributed by atoms with Crippen LogP contribution in [0, 0.1) is 6.92 Å². The van der Waals surface area contributed by atoms with Crippen molar-refractivity contribution in [2.24, 2.45) is 5.73 Å². The smallest absolute Gasteiger partial charge is 0.241 e. The van der Waals surface area contributed by atoms with Crippen molar-refractivity contribution >= 4 is 11.6 Å². The number of nitrogens with two attached hydrogens (primary N) is 1. The highest BCUT2D eigenvalue weighted by atomic mass is 16.5. The Morgan fingerprint density at radius 2 is 2.25 bits per heavy atom. The predicted molar refractivity (Wildman–Crippen MR) is 64.6 cm³/mol. The summed E-state index contributed by atoms with van der Waals surface area (Å²) in [5, 5.41) is 2.76. The minimum absolute atomic E-state index is 0.188. The van der Waals surface area contributed by atoms with Crippen molar-refractivity contribution in [3.63, 3.8) is 0 Å². The van der Waals surface area contributed by atoms with E-state index in [0.29, 0.717) is 6.61 Å². The lowest BCUT2D eigenvalue weighted by molar-refractivity contribution is -0.117. The van der Waals surface area contributed by atoms with Crippen molar-refractivity contribution in [3.8, 4) is 5.75 Å². The number of rotatable bonds is 4. The molecule has 3 N–H and O–H groups in total. The molecule has 0 heterocycles. The lowest BCUT2D eigenvalue weighted by Crippen LogP contribution is -2.32. The molecule has 4 nitrogen and oxygen atoms in total. The molecule has 1 aromatic carbocycles. The van der Waals surface area contributed by atoms with Crippen LogP contribution in [0.2, 0.25) is 0 Å². The average molecular weight is 222 g/mol. The van der Waals surface area contributed by atoms with E-state index in [2.05, 4.69) is 5.32 Å². The van der Waals surface area contributed by atoms with Crippen LogP contribution in [0.4, 0.5) is 5.69 Å². The molecule has 0 aliphatic heterocycles. The van der Waals surface area contributed by atoms with Gasteiger partial charge in [-0.25, -0.2) is 0 Å². The van der Waals surface area contributed by atoms with Gasteiger partial charge < -0.3 is 15.8 Å². The van der Waals surface area contributed by atoms with E-state index in [1.807, 2.05) is 32.0 Å². The number of nitrogens with one attached hydrogen (secondary N) is 1. The van der Waals surface area contributed by atoms with Gasteiger partial charge in [-0.1, -0.05) is 0 Å². The standard InChI is InChI=1S/C12H18N2O2/c1-4-16-10-5-6-11(8(2)7-10)14-12(15)9(3)13/h5-7,9H,4,13H2,1-3H3,(H,14,15). The Morgan fingerprint density at radius 3 is 2.75 bits per heavy atom. The number of aryl methyl sites for hydroxylation is 1. The molecule has 1 aromatic rings. The fourth-order valence-corrected chi connectivity index (χ4v) is 1.28. The van der Waals surface area contributed by atoms with Crippen molar-refractivity contribution in [2.75, 3.05) is 11.9 Å². The van der Waals surface area contributed by atoms with E-state index < -0.39 is 6.04 Å². The molecule has 16 heavy (non-hydrogen) atoms. The molecule has 0 aromatic heterocycles. The van der Waals surface area contributed by atoms with Crippen LogP contribution in [0.25, 0.3) is 0 Å². The third-order valence-electron chi connectivity index (χ3n) is 2.18. The first kappa shape index (κ1) is 12.5. The van der Waals surface area contributed by atoms with Crippen LogP contribution >= 0.6 is 0 Å². The number of amides is 1. The number of hydrogen-bond acceptors (Lipinski definition) is 3. The van der Waals surface area contributed by atoms with Gasteiger partial charge in [0.1, 0.15) is 5.75 Å². The Balaban J connectivity index is 2.79. The van der Waals surface area contributed by atoms with Crippen LogP contribution in [0.1, 0.15) is 19.4 Å².